The third-order valence-corrected chi connectivity index (χ3v) is 6.38. The van der Waals surface area contributed by atoms with Gasteiger partial charge >= 0.3 is 11.9 Å². The zero-order chi connectivity index (χ0) is 24.4. The van der Waals surface area contributed by atoms with Crippen LogP contribution in [0.25, 0.3) is 5.76 Å². The molecule has 3 aromatic rings. The first-order valence-electron chi connectivity index (χ1n) is 10.4. The summed E-state index contributed by atoms with van der Waals surface area (Å²) in [6.45, 7) is 3.88. The molecule has 1 amide bonds. The van der Waals surface area contributed by atoms with Crippen LogP contribution in [0.4, 0.5) is 5.13 Å². The summed E-state index contributed by atoms with van der Waals surface area (Å²) in [5, 5.41) is 11.2. The molecule has 0 spiro atoms. The standard InChI is InChI=1S/C24H21N3O6S/c1-4-33-16-7-5-6-15(12-16)18-17(19(28)14-8-10-25-11-9-14)20(29)22(30)27(18)24-26-13(2)21(34-24)23(31)32-3/h5-12,18,28H,4H2,1-3H3/b19-17+. The van der Waals surface area contributed by atoms with Crippen LogP contribution in [0.3, 0.4) is 0 Å². The lowest BCUT2D eigenvalue weighted by molar-refractivity contribution is -0.132. The van der Waals surface area contributed by atoms with Crippen LogP contribution < -0.4 is 9.64 Å². The number of carbonyl (C=O) groups is 3. The maximum absolute atomic E-state index is 13.2. The number of esters is 1. The van der Waals surface area contributed by atoms with E-state index in [2.05, 4.69) is 9.97 Å². The number of carbonyl (C=O) groups excluding carboxylic acids is 3. The van der Waals surface area contributed by atoms with Gasteiger partial charge in [0.1, 0.15) is 16.4 Å². The summed E-state index contributed by atoms with van der Waals surface area (Å²) in [5.74, 6) is -2.12. The van der Waals surface area contributed by atoms with Gasteiger partial charge in [-0.05, 0) is 43.7 Å². The number of benzene rings is 1. The van der Waals surface area contributed by atoms with Gasteiger partial charge in [0.2, 0.25) is 0 Å². The second-order valence-electron chi connectivity index (χ2n) is 7.31. The lowest BCUT2D eigenvalue weighted by Gasteiger charge is -2.23. The number of aliphatic hydroxyl groups is 1. The summed E-state index contributed by atoms with van der Waals surface area (Å²) in [7, 11) is 1.25. The number of methoxy groups -OCH3 is 1. The Morgan fingerprint density at radius 1 is 1.21 bits per heavy atom. The van der Waals surface area contributed by atoms with Crippen LogP contribution in [0.2, 0.25) is 0 Å². The summed E-state index contributed by atoms with van der Waals surface area (Å²) in [6, 6.07) is 9.01. The van der Waals surface area contributed by atoms with Crippen LogP contribution in [0, 0.1) is 6.92 Å². The summed E-state index contributed by atoms with van der Waals surface area (Å²) in [6.07, 6.45) is 2.95. The molecule has 1 aliphatic heterocycles. The van der Waals surface area contributed by atoms with Crippen LogP contribution >= 0.6 is 11.3 Å². The third-order valence-electron chi connectivity index (χ3n) is 5.25. The average Bonchev–Trinajstić information content (AvgIpc) is 3.36. The van der Waals surface area contributed by atoms with Crippen molar-refractivity contribution in [1.29, 1.82) is 0 Å². The van der Waals surface area contributed by atoms with Gasteiger partial charge in [0.05, 0.1) is 31.0 Å². The molecule has 1 fully saturated rings. The number of amides is 1. The minimum atomic E-state index is -0.996. The number of aryl methyl sites for hydroxylation is 1. The predicted octanol–water partition coefficient (Wildman–Crippen LogP) is 3.66. The lowest BCUT2D eigenvalue weighted by atomic mass is 9.95. The molecule has 1 aliphatic rings. The molecular formula is C24H21N3O6S. The topological polar surface area (TPSA) is 119 Å². The van der Waals surface area contributed by atoms with Gasteiger partial charge in [0.25, 0.3) is 5.78 Å². The van der Waals surface area contributed by atoms with Crippen molar-refractivity contribution in [2.24, 2.45) is 0 Å². The van der Waals surface area contributed by atoms with Crippen molar-refractivity contribution in [2.75, 3.05) is 18.6 Å². The van der Waals surface area contributed by atoms with Gasteiger partial charge in [-0.25, -0.2) is 9.78 Å². The van der Waals surface area contributed by atoms with E-state index in [1.54, 1.807) is 43.3 Å². The molecule has 34 heavy (non-hydrogen) atoms. The van der Waals surface area contributed by atoms with Gasteiger partial charge in [-0.1, -0.05) is 23.5 Å². The molecule has 1 aromatic carbocycles. The van der Waals surface area contributed by atoms with Gasteiger partial charge in [0, 0.05) is 18.0 Å². The molecule has 1 unspecified atom stereocenters. The number of pyridine rings is 1. The number of hydrogen-bond donors (Lipinski definition) is 1. The molecule has 2 aromatic heterocycles. The summed E-state index contributed by atoms with van der Waals surface area (Å²) in [5.41, 5.74) is 1.14. The first kappa shape index (κ1) is 23.1. The van der Waals surface area contributed by atoms with Gasteiger partial charge in [-0.2, -0.15) is 0 Å². The van der Waals surface area contributed by atoms with Gasteiger partial charge in [-0.3, -0.25) is 19.5 Å². The van der Waals surface area contributed by atoms with Crippen LogP contribution in [-0.2, 0) is 14.3 Å². The molecule has 0 aliphatic carbocycles. The molecule has 1 N–H and O–H groups in total. The Morgan fingerprint density at radius 2 is 1.94 bits per heavy atom. The molecule has 0 radical (unpaired) electrons. The van der Waals surface area contributed by atoms with E-state index in [0.29, 0.717) is 29.2 Å². The number of rotatable bonds is 6. The number of aliphatic hydroxyl groups excluding tert-OH is 1. The minimum Gasteiger partial charge on any atom is -0.507 e. The fourth-order valence-electron chi connectivity index (χ4n) is 3.72. The van der Waals surface area contributed by atoms with Gasteiger partial charge in [0.15, 0.2) is 5.13 Å². The Labute approximate surface area is 199 Å². The summed E-state index contributed by atoms with van der Waals surface area (Å²) in [4.78, 5) is 48.3. The number of nitrogens with zero attached hydrogens (tertiary/aromatic N) is 3. The van der Waals surface area contributed by atoms with E-state index < -0.39 is 23.7 Å². The Balaban J connectivity index is 1.94. The van der Waals surface area contributed by atoms with Crippen LogP contribution in [0.5, 0.6) is 5.75 Å². The van der Waals surface area contributed by atoms with E-state index in [9.17, 15) is 19.5 Å². The molecule has 1 atom stereocenters. The zero-order valence-corrected chi connectivity index (χ0v) is 19.5. The lowest BCUT2D eigenvalue weighted by Crippen LogP contribution is -2.29. The molecule has 1 saturated heterocycles. The third kappa shape index (κ3) is 4.03. The molecular weight excluding hydrogens is 458 g/mol. The molecule has 10 heteroatoms. The quantitative estimate of drug-likeness (QED) is 0.246. The fraction of sp³-hybridized carbons (Fsp3) is 0.208. The molecule has 0 saturated carbocycles. The number of thiazole rings is 1. The van der Waals surface area contributed by atoms with Crippen LogP contribution in [0.1, 0.15) is 39.5 Å². The van der Waals surface area contributed by atoms with Crippen molar-refractivity contribution in [1.82, 2.24) is 9.97 Å². The van der Waals surface area contributed by atoms with E-state index in [4.69, 9.17) is 9.47 Å². The van der Waals surface area contributed by atoms with Crippen molar-refractivity contribution in [3.05, 3.63) is 76.1 Å². The van der Waals surface area contributed by atoms with E-state index in [1.165, 1.54) is 24.4 Å². The van der Waals surface area contributed by atoms with Gasteiger partial charge in [-0.15, -0.1) is 0 Å². The second kappa shape index (κ2) is 9.44. The molecule has 3 heterocycles. The van der Waals surface area contributed by atoms with Crippen molar-refractivity contribution >= 4 is 39.9 Å². The smallest absolute Gasteiger partial charge is 0.350 e. The van der Waals surface area contributed by atoms with Crippen molar-refractivity contribution < 1.29 is 29.0 Å². The number of ether oxygens (including phenoxy) is 2. The highest BCUT2D eigenvalue weighted by molar-refractivity contribution is 7.17. The normalized spacial score (nSPS) is 17.1. The SMILES string of the molecule is CCOc1cccc(C2/C(=C(\O)c3ccncc3)C(=O)C(=O)N2c2nc(C)c(C(=O)OC)s2)c1. The Morgan fingerprint density at radius 3 is 2.62 bits per heavy atom. The first-order chi connectivity index (χ1) is 16.4. The monoisotopic (exact) mass is 479 g/mol. The number of hydrogen-bond acceptors (Lipinski definition) is 9. The van der Waals surface area contributed by atoms with Crippen molar-refractivity contribution in [3.8, 4) is 5.75 Å². The number of anilines is 1. The van der Waals surface area contributed by atoms with Crippen molar-refractivity contribution in [2.45, 2.75) is 19.9 Å². The minimum absolute atomic E-state index is 0.0997. The summed E-state index contributed by atoms with van der Waals surface area (Å²) < 4.78 is 10.4. The van der Waals surface area contributed by atoms with E-state index in [-0.39, 0.29) is 21.3 Å². The molecule has 174 valence electrons. The largest absolute Gasteiger partial charge is 0.507 e. The van der Waals surface area contributed by atoms with E-state index in [0.717, 1.165) is 11.3 Å². The number of ketones is 1. The highest BCUT2D eigenvalue weighted by Crippen LogP contribution is 2.44. The van der Waals surface area contributed by atoms with Crippen LogP contribution in [0.15, 0.2) is 54.4 Å². The fourth-order valence-corrected chi connectivity index (χ4v) is 4.73. The predicted molar refractivity (Wildman–Crippen MR) is 125 cm³/mol. The van der Waals surface area contributed by atoms with Crippen LogP contribution in [-0.4, -0.2) is 46.5 Å². The van der Waals surface area contributed by atoms with Crippen molar-refractivity contribution in [3.63, 3.8) is 0 Å². The Kier molecular flexibility index (Phi) is 6.42. The van der Waals surface area contributed by atoms with Gasteiger partial charge < -0.3 is 14.6 Å². The number of aromatic nitrogens is 2. The van der Waals surface area contributed by atoms with E-state index in [1.807, 2.05) is 6.92 Å². The number of Topliss-reactive ketones (excluding diaryl/α,β-unsaturated/α-hetero) is 1. The Bertz CT molecular complexity index is 1300. The van der Waals surface area contributed by atoms with E-state index >= 15 is 0 Å². The molecule has 9 nitrogen and oxygen atoms in total. The zero-order valence-electron chi connectivity index (χ0n) is 18.6. The second-order valence-corrected chi connectivity index (χ2v) is 8.29. The average molecular weight is 480 g/mol. The maximum Gasteiger partial charge on any atom is 0.350 e. The summed E-state index contributed by atoms with van der Waals surface area (Å²) >= 11 is 0.939. The maximum atomic E-state index is 13.2. The Hall–Kier alpha value is -4.05. The first-order valence-corrected chi connectivity index (χ1v) is 11.2. The highest BCUT2D eigenvalue weighted by Gasteiger charge is 2.48. The molecule has 0 bridgehead atoms. The highest BCUT2D eigenvalue weighted by atomic mass is 32.1. The molecule has 4 rings (SSSR count).